The number of halogens is 3. The highest BCUT2D eigenvalue weighted by atomic mass is 35.5. The van der Waals surface area contributed by atoms with E-state index < -0.39 is 12.0 Å². The van der Waals surface area contributed by atoms with Gasteiger partial charge in [0.2, 0.25) is 0 Å². The van der Waals surface area contributed by atoms with Gasteiger partial charge in [0, 0.05) is 5.56 Å². The average Bonchev–Trinajstić information content (AvgIpc) is 3.13. The van der Waals surface area contributed by atoms with Crippen molar-refractivity contribution in [2.45, 2.75) is 6.10 Å². The van der Waals surface area contributed by atoms with Crippen molar-refractivity contribution in [1.82, 2.24) is 5.43 Å². The van der Waals surface area contributed by atoms with E-state index >= 15 is 0 Å². The van der Waals surface area contributed by atoms with Crippen molar-refractivity contribution in [2.24, 2.45) is 5.10 Å². The number of rotatable bonds is 5. The number of nitrogens with one attached hydrogen (secondary N) is 1. The molecular weight excluding hydrogens is 411 g/mol. The van der Waals surface area contributed by atoms with Gasteiger partial charge < -0.3 is 9.52 Å². The minimum atomic E-state index is -1.31. The van der Waals surface area contributed by atoms with Gasteiger partial charge in [-0.15, -0.1) is 0 Å². The summed E-state index contributed by atoms with van der Waals surface area (Å²) in [6.07, 6.45) is -0.00426. The second-order valence-corrected chi connectivity index (χ2v) is 6.72. The molecule has 5 nitrogen and oxygen atoms in total. The van der Waals surface area contributed by atoms with Crippen LogP contribution >= 0.6 is 34.8 Å². The van der Waals surface area contributed by atoms with Gasteiger partial charge in [-0.05, 0) is 29.8 Å². The van der Waals surface area contributed by atoms with Gasteiger partial charge >= 0.3 is 0 Å². The number of aliphatic hydroxyl groups excluding tert-OH is 1. The van der Waals surface area contributed by atoms with Crippen LogP contribution in [0.2, 0.25) is 15.1 Å². The third-order valence-electron chi connectivity index (χ3n) is 3.63. The molecule has 2 N–H and O–H groups in total. The lowest BCUT2D eigenvalue weighted by atomic mass is 10.1. The molecule has 1 amide bonds. The van der Waals surface area contributed by atoms with Crippen molar-refractivity contribution >= 4 is 46.9 Å². The Kier molecular flexibility index (Phi) is 6.19. The molecule has 0 saturated carbocycles. The standard InChI is InChI=1S/C19H13Cl3N2O3/c20-14-9-16(22)15(21)8-13(14)17-7-6-12(27-17)10-23-24-19(26)18(25)11-4-2-1-3-5-11/h1-10,18,25H,(H,24,26)/b23-10+. The Bertz CT molecular complexity index is 987. The van der Waals surface area contributed by atoms with Crippen LogP contribution in [0.4, 0.5) is 0 Å². The summed E-state index contributed by atoms with van der Waals surface area (Å²) in [6, 6.07) is 15.0. The summed E-state index contributed by atoms with van der Waals surface area (Å²) in [4.78, 5) is 11.9. The van der Waals surface area contributed by atoms with Crippen LogP contribution in [0, 0.1) is 0 Å². The van der Waals surface area contributed by atoms with Crippen molar-refractivity contribution in [3.05, 3.63) is 81.0 Å². The van der Waals surface area contributed by atoms with E-state index in [1.165, 1.54) is 12.3 Å². The number of aliphatic hydroxyl groups is 1. The zero-order valence-electron chi connectivity index (χ0n) is 13.7. The first kappa shape index (κ1) is 19.5. The fourth-order valence-corrected chi connectivity index (χ4v) is 2.93. The number of nitrogens with zero attached hydrogens (tertiary/aromatic N) is 1. The summed E-state index contributed by atoms with van der Waals surface area (Å²) >= 11 is 18.1. The van der Waals surface area contributed by atoms with Gasteiger partial charge in [0.25, 0.3) is 5.91 Å². The molecule has 0 bridgehead atoms. The van der Waals surface area contributed by atoms with Gasteiger partial charge in [-0.2, -0.15) is 5.10 Å². The van der Waals surface area contributed by atoms with E-state index in [1.54, 1.807) is 48.5 Å². The summed E-state index contributed by atoms with van der Waals surface area (Å²) in [5.41, 5.74) is 3.31. The molecule has 0 saturated heterocycles. The molecule has 1 aromatic heterocycles. The Hall–Kier alpha value is -2.31. The molecule has 0 radical (unpaired) electrons. The van der Waals surface area contributed by atoms with Crippen LogP contribution < -0.4 is 5.43 Å². The monoisotopic (exact) mass is 422 g/mol. The maximum Gasteiger partial charge on any atom is 0.273 e. The van der Waals surface area contributed by atoms with Crippen molar-refractivity contribution in [3.63, 3.8) is 0 Å². The minimum absolute atomic E-state index is 0.346. The number of hydrazone groups is 1. The molecule has 3 aromatic rings. The van der Waals surface area contributed by atoms with Crippen LogP contribution in [0.5, 0.6) is 0 Å². The quantitative estimate of drug-likeness (QED) is 0.341. The largest absolute Gasteiger partial charge is 0.455 e. The molecule has 0 spiro atoms. The molecule has 27 heavy (non-hydrogen) atoms. The number of carbonyl (C=O) groups excluding carboxylic acids is 1. The van der Waals surface area contributed by atoms with Gasteiger partial charge in [0.15, 0.2) is 6.10 Å². The van der Waals surface area contributed by atoms with E-state index in [4.69, 9.17) is 39.2 Å². The van der Waals surface area contributed by atoms with E-state index in [0.717, 1.165) is 0 Å². The molecule has 0 aliphatic rings. The number of carbonyl (C=O) groups is 1. The van der Waals surface area contributed by atoms with Gasteiger partial charge in [0.05, 0.1) is 21.3 Å². The predicted octanol–water partition coefficient (Wildman–Crippen LogP) is 5.09. The fraction of sp³-hybridized carbons (Fsp3) is 0.0526. The maximum atomic E-state index is 11.9. The molecule has 3 rings (SSSR count). The SMILES string of the molecule is O=C(N/N=C/c1ccc(-c2cc(Cl)c(Cl)cc2Cl)o1)C(O)c1ccccc1. The lowest BCUT2D eigenvalue weighted by Crippen LogP contribution is -2.25. The van der Waals surface area contributed by atoms with E-state index in [0.29, 0.717) is 37.7 Å². The first-order valence-corrected chi connectivity index (χ1v) is 8.90. The highest BCUT2D eigenvalue weighted by Gasteiger charge is 2.16. The Morgan fingerprint density at radius 3 is 2.48 bits per heavy atom. The highest BCUT2D eigenvalue weighted by molar-refractivity contribution is 6.44. The van der Waals surface area contributed by atoms with Gasteiger partial charge in [-0.25, -0.2) is 5.43 Å². The van der Waals surface area contributed by atoms with Gasteiger partial charge in [-0.3, -0.25) is 4.79 Å². The zero-order valence-corrected chi connectivity index (χ0v) is 16.0. The first-order chi connectivity index (χ1) is 13.0. The van der Waals surface area contributed by atoms with E-state index in [-0.39, 0.29) is 0 Å². The molecule has 138 valence electrons. The Labute approximate surface area is 170 Å². The molecule has 0 aliphatic heterocycles. The molecule has 1 atom stereocenters. The van der Waals surface area contributed by atoms with Crippen LogP contribution in [0.15, 0.2) is 64.1 Å². The molecule has 0 fully saturated rings. The molecule has 8 heteroatoms. The fourth-order valence-electron chi connectivity index (χ4n) is 2.29. The van der Waals surface area contributed by atoms with Crippen LogP contribution in [0.3, 0.4) is 0 Å². The highest BCUT2D eigenvalue weighted by Crippen LogP contribution is 2.35. The predicted molar refractivity (Wildman–Crippen MR) is 106 cm³/mol. The Balaban J connectivity index is 1.67. The zero-order chi connectivity index (χ0) is 19.4. The summed E-state index contributed by atoms with van der Waals surface area (Å²) in [6.45, 7) is 0. The Morgan fingerprint density at radius 2 is 1.74 bits per heavy atom. The van der Waals surface area contributed by atoms with Crippen LogP contribution in [-0.2, 0) is 4.79 Å². The maximum absolute atomic E-state index is 11.9. The second kappa shape index (κ2) is 8.59. The van der Waals surface area contributed by atoms with Crippen molar-refractivity contribution in [3.8, 4) is 11.3 Å². The van der Waals surface area contributed by atoms with Crippen molar-refractivity contribution in [2.75, 3.05) is 0 Å². The van der Waals surface area contributed by atoms with Crippen LogP contribution in [0.25, 0.3) is 11.3 Å². The topological polar surface area (TPSA) is 74.8 Å². The molecule has 2 aromatic carbocycles. The van der Waals surface area contributed by atoms with E-state index in [1.807, 2.05) is 0 Å². The molecule has 1 unspecified atom stereocenters. The number of furan rings is 1. The first-order valence-electron chi connectivity index (χ1n) is 7.76. The molecular formula is C19H13Cl3N2O3. The third kappa shape index (κ3) is 4.70. The molecule has 1 heterocycles. The minimum Gasteiger partial charge on any atom is -0.455 e. The number of benzene rings is 2. The summed E-state index contributed by atoms with van der Waals surface area (Å²) in [5.74, 6) is 0.189. The van der Waals surface area contributed by atoms with Crippen molar-refractivity contribution in [1.29, 1.82) is 0 Å². The summed E-state index contributed by atoms with van der Waals surface area (Å²) in [7, 11) is 0. The van der Waals surface area contributed by atoms with E-state index in [2.05, 4.69) is 10.5 Å². The smallest absolute Gasteiger partial charge is 0.273 e. The number of hydrogen-bond donors (Lipinski definition) is 2. The van der Waals surface area contributed by atoms with Crippen LogP contribution in [0.1, 0.15) is 17.4 Å². The number of hydrogen-bond acceptors (Lipinski definition) is 4. The number of amides is 1. The third-order valence-corrected chi connectivity index (χ3v) is 4.67. The lowest BCUT2D eigenvalue weighted by molar-refractivity contribution is -0.129. The van der Waals surface area contributed by atoms with E-state index in [9.17, 15) is 9.90 Å². The average molecular weight is 424 g/mol. The van der Waals surface area contributed by atoms with Crippen LogP contribution in [-0.4, -0.2) is 17.2 Å². The summed E-state index contributed by atoms with van der Waals surface area (Å²) in [5, 5.41) is 14.8. The lowest BCUT2D eigenvalue weighted by Gasteiger charge is -2.08. The normalized spacial score (nSPS) is 12.3. The second-order valence-electron chi connectivity index (χ2n) is 5.50. The molecule has 0 aliphatic carbocycles. The van der Waals surface area contributed by atoms with Gasteiger partial charge in [-0.1, -0.05) is 65.1 Å². The summed E-state index contributed by atoms with van der Waals surface area (Å²) < 4.78 is 5.62. The van der Waals surface area contributed by atoms with Gasteiger partial charge in [0.1, 0.15) is 11.5 Å². The Morgan fingerprint density at radius 1 is 1.04 bits per heavy atom. The van der Waals surface area contributed by atoms with Crippen molar-refractivity contribution < 1.29 is 14.3 Å².